The van der Waals surface area contributed by atoms with Crippen LogP contribution in [-0.2, 0) is 16.1 Å². The van der Waals surface area contributed by atoms with Crippen molar-refractivity contribution in [3.8, 4) is 23.0 Å². The van der Waals surface area contributed by atoms with Crippen LogP contribution < -0.4 is 18.9 Å². The van der Waals surface area contributed by atoms with Gasteiger partial charge in [-0.2, -0.15) is 0 Å². The predicted octanol–water partition coefficient (Wildman–Crippen LogP) is 5.65. The number of rotatable bonds is 11. The molecule has 0 radical (unpaired) electrons. The Bertz CT molecular complexity index is 1420. The third kappa shape index (κ3) is 5.73. The van der Waals surface area contributed by atoms with Crippen molar-refractivity contribution in [3.63, 3.8) is 0 Å². The minimum Gasteiger partial charge on any atom is -0.507 e. The Hall–Kier alpha value is -4.53. The average Bonchev–Trinajstić information content (AvgIpc) is 3.19. The quantitative estimate of drug-likeness (QED) is 0.188. The first-order valence-corrected chi connectivity index (χ1v) is 13.1. The fraction of sp³-hybridized carbons (Fsp3) is 0.290. The van der Waals surface area contributed by atoms with Crippen molar-refractivity contribution in [2.75, 3.05) is 26.9 Å². The van der Waals surface area contributed by atoms with Gasteiger partial charge in [0.1, 0.15) is 23.1 Å². The van der Waals surface area contributed by atoms with Crippen molar-refractivity contribution in [2.45, 2.75) is 33.4 Å². The lowest BCUT2D eigenvalue weighted by atomic mass is 9.94. The number of benzene rings is 3. The Morgan fingerprint density at radius 1 is 0.850 bits per heavy atom. The summed E-state index contributed by atoms with van der Waals surface area (Å²) in [5.74, 6) is -0.713. The Labute approximate surface area is 232 Å². The zero-order valence-corrected chi connectivity index (χ0v) is 22.9. The molecule has 1 heterocycles. The molecule has 3 aromatic carbocycles. The van der Waals surface area contributed by atoms with E-state index in [1.165, 1.54) is 24.1 Å². The van der Waals surface area contributed by atoms with Crippen molar-refractivity contribution >= 4 is 17.4 Å². The number of carbonyl (C=O) groups is 2. The lowest BCUT2D eigenvalue weighted by molar-refractivity contribution is -0.140. The van der Waals surface area contributed by atoms with E-state index < -0.39 is 23.5 Å². The molecule has 3 aromatic rings. The lowest BCUT2D eigenvalue weighted by Crippen LogP contribution is -2.29. The molecule has 0 aliphatic carbocycles. The summed E-state index contributed by atoms with van der Waals surface area (Å²) in [7, 11) is 1.51. The van der Waals surface area contributed by atoms with Crippen molar-refractivity contribution in [2.24, 2.45) is 0 Å². The molecule has 1 aliphatic heterocycles. The molecule has 1 aliphatic rings. The summed E-state index contributed by atoms with van der Waals surface area (Å²) in [5, 5.41) is 11.6. The number of Topliss-reactive ketones (excluding diaryl/α,β-unsaturated/α-hetero) is 1. The van der Waals surface area contributed by atoms with E-state index in [0.717, 1.165) is 0 Å². The molecule has 1 N–H and O–H groups in total. The normalized spacial score (nSPS) is 16.2. The molecule has 1 fully saturated rings. The highest BCUT2D eigenvalue weighted by Crippen LogP contribution is 2.44. The van der Waals surface area contributed by atoms with Gasteiger partial charge in [0.2, 0.25) is 0 Å². The van der Waals surface area contributed by atoms with Crippen LogP contribution in [0.2, 0.25) is 0 Å². The summed E-state index contributed by atoms with van der Waals surface area (Å²) in [4.78, 5) is 28.3. The van der Waals surface area contributed by atoms with Gasteiger partial charge < -0.3 is 29.0 Å². The second-order valence-corrected chi connectivity index (χ2v) is 8.92. The number of nitrogens with zero attached hydrogens (tertiary/aromatic N) is 1. The van der Waals surface area contributed by atoms with E-state index in [9.17, 15) is 19.1 Å². The topological polar surface area (TPSA) is 94.5 Å². The second kappa shape index (κ2) is 12.5. The van der Waals surface area contributed by atoms with Crippen molar-refractivity contribution in [3.05, 3.63) is 88.7 Å². The van der Waals surface area contributed by atoms with Gasteiger partial charge in [-0.05, 0) is 68.3 Å². The number of hydrogen-bond donors (Lipinski definition) is 1. The summed E-state index contributed by atoms with van der Waals surface area (Å²) < 4.78 is 36.1. The van der Waals surface area contributed by atoms with E-state index >= 15 is 0 Å². The van der Waals surface area contributed by atoms with Crippen LogP contribution in [0.3, 0.4) is 0 Å². The van der Waals surface area contributed by atoms with E-state index in [-0.39, 0.29) is 23.4 Å². The molecule has 1 unspecified atom stereocenters. The number of likely N-dealkylation sites (tertiary alicyclic amines) is 1. The molecule has 40 heavy (non-hydrogen) atoms. The number of ether oxygens (including phenoxy) is 4. The fourth-order valence-electron chi connectivity index (χ4n) is 4.68. The lowest BCUT2D eigenvalue weighted by Gasteiger charge is -2.26. The van der Waals surface area contributed by atoms with Gasteiger partial charge in [0.15, 0.2) is 11.5 Å². The number of aliphatic hydroxyl groups excluding tert-OH is 1. The number of aliphatic hydroxyl groups is 1. The van der Waals surface area contributed by atoms with Gasteiger partial charge in [0, 0.05) is 12.6 Å². The zero-order chi connectivity index (χ0) is 28.8. The van der Waals surface area contributed by atoms with Gasteiger partial charge in [0.25, 0.3) is 11.7 Å². The summed E-state index contributed by atoms with van der Waals surface area (Å²) in [5.41, 5.74) is 1.28. The number of halogens is 1. The molecule has 0 aromatic heterocycles. The number of methoxy groups -OCH3 is 1. The van der Waals surface area contributed by atoms with E-state index in [0.29, 0.717) is 53.9 Å². The van der Waals surface area contributed by atoms with Crippen LogP contribution in [0.25, 0.3) is 5.76 Å². The average molecular weight is 550 g/mol. The molecule has 210 valence electrons. The summed E-state index contributed by atoms with van der Waals surface area (Å²) in [6.45, 7) is 6.57. The number of ketones is 1. The van der Waals surface area contributed by atoms with Crippen LogP contribution >= 0.6 is 0 Å². The molecule has 1 atom stereocenters. The van der Waals surface area contributed by atoms with Crippen LogP contribution in [0.5, 0.6) is 23.0 Å². The second-order valence-electron chi connectivity index (χ2n) is 8.92. The summed E-state index contributed by atoms with van der Waals surface area (Å²) in [6.07, 6.45) is 0. The van der Waals surface area contributed by atoms with Crippen LogP contribution in [0, 0.1) is 5.82 Å². The minimum atomic E-state index is -0.976. The van der Waals surface area contributed by atoms with Crippen LogP contribution in [0.4, 0.5) is 4.39 Å². The van der Waals surface area contributed by atoms with E-state index in [2.05, 4.69) is 0 Å². The SMILES string of the molecule is CCOc1ccc(/C(O)=C2\C(=O)C(=O)N(Cc3ccc(F)cc3)C2c2ccc(OC)c(OCC)c2)c(OCC)c1. The smallest absolute Gasteiger partial charge is 0.295 e. The molecule has 0 bridgehead atoms. The van der Waals surface area contributed by atoms with Gasteiger partial charge in [-0.25, -0.2) is 4.39 Å². The van der Waals surface area contributed by atoms with Crippen LogP contribution in [0.1, 0.15) is 43.5 Å². The largest absolute Gasteiger partial charge is 0.507 e. The highest BCUT2D eigenvalue weighted by Gasteiger charge is 2.46. The highest BCUT2D eigenvalue weighted by molar-refractivity contribution is 6.46. The molecular weight excluding hydrogens is 517 g/mol. The number of amides is 1. The fourth-order valence-corrected chi connectivity index (χ4v) is 4.68. The molecule has 1 amide bonds. The van der Waals surface area contributed by atoms with Gasteiger partial charge in [-0.3, -0.25) is 9.59 Å². The predicted molar refractivity (Wildman–Crippen MR) is 147 cm³/mol. The molecule has 9 heteroatoms. The number of hydrogen-bond acceptors (Lipinski definition) is 7. The molecule has 8 nitrogen and oxygen atoms in total. The van der Waals surface area contributed by atoms with Crippen LogP contribution in [-0.4, -0.2) is 48.6 Å². The summed E-state index contributed by atoms with van der Waals surface area (Å²) >= 11 is 0. The Morgan fingerprint density at radius 3 is 2.17 bits per heavy atom. The maximum absolute atomic E-state index is 13.6. The highest BCUT2D eigenvalue weighted by atomic mass is 19.1. The maximum atomic E-state index is 13.6. The Kier molecular flexibility index (Phi) is 8.93. The standard InChI is InChI=1S/C31H32FNO7/c1-5-38-22-13-14-23(25(17-22)39-6-2)29(34)27-28(20-10-15-24(37-4)26(16-20)40-7-3)33(31(36)30(27)35)18-19-8-11-21(32)12-9-19/h8-17,28,34H,5-7,18H2,1-4H3/b29-27+. The molecule has 0 saturated carbocycles. The van der Waals surface area contributed by atoms with Crippen molar-refractivity contribution < 1.29 is 38.0 Å². The monoisotopic (exact) mass is 549 g/mol. The van der Waals surface area contributed by atoms with E-state index in [4.69, 9.17) is 18.9 Å². The Morgan fingerprint density at radius 2 is 1.52 bits per heavy atom. The van der Waals surface area contributed by atoms with E-state index in [1.54, 1.807) is 55.5 Å². The molecule has 4 rings (SSSR count). The molecular formula is C31H32FNO7. The third-order valence-electron chi connectivity index (χ3n) is 6.43. The van der Waals surface area contributed by atoms with Crippen molar-refractivity contribution in [1.82, 2.24) is 4.90 Å². The first-order chi connectivity index (χ1) is 19.3. The Balaban J connectivity index is 1.91. The number of carbonyl (C=O) groups excluding carboxylic acids is 2. The van der Waals surface area contributed by atoms with Crippen molar-refractivity contribution in [1.29, 1.82) is 0 Å². The molecule has 1 saturated heterocycles. The minimum absolute atomic E-state index is 0.00386. The van der Waals surface area contributed by atoms with Gasteiger partial charge in [-0.1, -0.05) is 18.2 Å². The maximum Gasteiger partial charge on any atom is 0.295 e. The van der Waals surface area contributed by atoms with Crippen LogP contribution in [0.15, 0.2) is 66.2 Å². The van der Waals surface area contributed by atoms with Gasteiger partial charge >= 0.3 is 0 Å². The van der Waals surface area contributed by atoms with Gasteiger partial charge in [0.05, 0.1) is 44.1 Å². The van der Waals surface area contributed by atoms with Gasteiger partial charge in [-0.15, -0.1) is 0 Å². The molecule has 0 spiro atoms. The zero-order valence-electron chi connectivity index (χ0n) is 22.9. The van der Waals surface area contributed by atoms with E-state index in [1.807, 2.05) is 13.8 Å². The third-order valence-corrected chi connectivity index (χ3v) is 6.43. The first kappa shape index (κ1) is 28.5. The summed E-state index contributed by atoms with van der Waals surface area (Å²) in [6, 6.07) is 14.7. The first-order valence-electron chi connectivity index (χ1n) is 13.1.